The van der Waals surface area contributed by atoms with E-state index in [1.54, 1.807) is 0 Å². The van der Waals surface area contributed by atoms with Gasteiger partial charge in [0.15, 0.2) is 0 Å². The summed E-state index contributed by atoms with van der Waals surface area (Å²) in [6.07, 6.45) is -4.54. The van der Waals surface area contributed by atoms with E-state index < -0.39 is 22.4 Å². The quantitative estimate of drug-likeness (QED) is 0.531. The molecular formula is C12H18F3NO2. The van der Waals surface area contributed by atoms with Gasteiger partial charge in [-0.15, -0.1) is 0 Å². The van der Waals surface area contributed by atoms with Gasteiger partial charge in [-0.1, -0.05) is 33.8 Å². The van der Waals surface area contributed by atoms with E-state index in [9.17, 15) is 23.3 Å². The predicted octanol–water partition coefficient (Wildman–Crippen LogP) is 4.97. The van der Waals surface area contributed by atoms with Crippen molar-refractivity contribution >= 4 is 5.69 Å². The van der Waals surface area contributed by atoms with Gasteiger partial charge in [0.05, 0.1) is 10.5 Å². The Balaban J connectivity index is 0. The summed E-state index contributed by atoms with van der Waals surface area (Å²) >= 11 is 0. The van der Waals surface area contributed by atoms with Crippen molar-refractivity contribution in [1.82, 2.24) is 0 Å². The molecule has 0 atom stereocenters. The van der Waals surface area contributed by atoms with Crippen LogP contribution in [0.15, 0.2) is 18.2 Å². The summed E-state index contributed by atoms with van der Waals surface area (Å²) in [7, 11) is 0. The summed E-state index contributed by atoms with van der Waals surface area (Å²) in [6, 6.07) is 2.44. The number of aryl methyl sites for hydroxylation is 1. The number of hydrogen-bond donors (Lipinski definition) is 0. The van der Waals surface area contributed by atoms with Gasteiger partial charge in [-0.25, -0.2) is 0 Å². The van der Waals surface area contributed by atoms with Crippen LogP contribution >= 0.6 is 0 Å². The molecule has 1 aromatic rings. The lowest BCUT2D eigenvalue weighted by molar-refractivity contribution is -0.385. The Kier molecular flexibility index (Phi) is 8.86. The average Bonchev–Trinajstić information content (AvgIpc) is 2.33. The molecule has 0 radical (unpaired) electrons. The molecule has 0 spiro atoms. The van der Waals surface area contributed by atoms with Gasteiger partial charge in [0.25, 0.3) is 5.69 Å². The van der Waals surface area contributed by atoms with Crippen molar-refractivity contribution in [2.75, 3.05) is 0 Å². The average molecular weight is 265 g/mol. The molecule has 0 aliphatic rings. The minimum atomic E-state index is -4.54. The minimum Gasteiger partial charge on any atom is -0.258 e. The van der Waals surface area contributed by atoms with Gasteiger partial charge in [-0.3, -0.25) is 10.1 Å². The largest absolute Gasteiger partial charge is 0.416 e. The van der Waals surface area contributed by atoms with Crippen LogP contribution in [0.1, 0.15) is 38.8 Å². The zero-order valence-electron chi connectivity index (χ0n) is 11.1. The lowest BCUT2D eigenvalue weighted by Crippen LogP contribution is -2.05. The van der Waals surface area contributed by atoms with Gasteiger partial charge in [0.1, 0.15) is 0 Å². The molecule has 0 aliphatic carbocycles. The summed E-state index contributed by atoms with van der Waals surface area (Å²) in [4.78, 5) is 9.51. The molecule has 0 fully saturated rings. The van der Waals surface area contributed by atoms with Crippen LogP contribution in [0, 0.1) is 17.0 Å². The summed E-state index contributed by atoms with van der Waals surface area (Å²) < 4.78 is 36.4. The van der Waals surface area contributed by atoms with Crippen molar-refractivity contribution in [2.45, 2.75) is 40.8 Å². The van der Waals surface area contributed by atoms with Gasteiger partial charge in [0.2, 0.25) is 0 Å². The molecule has 18 heavy (non-hydrogen) atoms. The molecule has 6 heteroatoms. The van der Waals surface area contributed by atoms with Crippen LogP contribution in [0.4, 0.5) is 18.9 Å². The van der Waals surface area contributed by atoms with E-state index >= 15 is 0 Å². The number of nitro groups is 1. The first kappa shape index (κ1) is 18.8. The van der Waals surface area contributed by atoms with E-state index in [2.05, 4.69) is 0 Å². The molecule has 1 rings (SSSR count). The van der Waals surface area contributed by atoms with Crippen LogP contribution in [-0.4, -0.2) is 4.92 Å². The lowest BCUT2D eigenvalue weighted by Gasteiger charge is -2.06. The van der Waals surface area contributed by atoms with Crippen LogP contribution in [0.2, 0.25) is 0 Å². The molecule has 0 aliphatic heterocycles. The van der Waals surface area contributed by atoms with Gasteiger partial charge in [-0.2, -0.15) is 13.2 Å². The van der Waals surface area contributed by atoms with Crippen molar-refractivity contribution in [2.24, 2.45) is 0 Å². The van der Waals surface area contributed by atoms with E-state index in [4.69, 9.17) is 0 Å². The number of nitro benzene ring substituents is 1. The van der Waals surface area contributed by atoms with Crippen LogP contribution in [0.5, 0.6) is 0 Å². The Bertz CT molecular complexity index is 376. The predicted molar refractivity (Wildman–Crippen MR) is 65.5 cm³/mol. The second-order valence-corrected chi connectivity index (χ2v) is 2.76. The first-order valence-electron chi connectivity index (χ1n) is 5.64. The second kappa shape index (κ2) is 8.49. The SMILES string of the molecule is CC.CC.Cc1ccc(C(F)(F)F)cc1[N+](=O)[O-]. The molecule has 0 aromatic heterocycles. The summed E-state index contributed by atoms with van der Waals surface area (Å²) in [5.41, 5.74) is -1.31. The topological polar surface area (TPSA) is 43.1 Å². The molecule has 3 nitrogen and oxygen atoms in total. The van der Waals surface area contributed by atoms with Gasteiger partial charge in [-0.05, 0) is 13.0 Å². The molecule has 0 saturated heterocycles. The lowest BCUT2D eigenvalue weighted by atomic mass is 10.1. The zero-order valence-corrected chi connectivity index (χ0v) is 11.1. The van der Waals surface area contributed by atoms with Crippen LogP contribution in [0.3, 0.4) is 0 Å². The Morgan fingerprint density at radius 1 is 1.11 bits per heavy atom. The van der Waals surface area contributed by atoms with Crippen molar-refractivity contribution in [1.29, 1.82) is 0 Å². The van der Waals surface area contributed by atoms with Crippen LogP contribution < -0.4 is 0 Å². The van der Waals surface area contributed by atoms with Gasteiger partial charge in [0, 0.05) is 11.6 Å². The molecule has 0 saturated carbocycles. The molecular weight excluding hydrogens is 247 g/mol. The third-order valence-electron chi connectivity index (χ3n) is 1.73. The summed E-state index contributed by atoms with van der Waals surface area (Å²) in [5, 5.41) is 10.3. The molecule has 0 N–H and O–H groups in total. The highest BCUT2D eigenvalue weighted by Crippen LogP contribution is 2.32. The molecule has 0 unspecified atom stereocenters. The van der Waals surface area contributed by atoms with Crippen molar-refractivity contribution in [3.8, 4) is 0 Å². The monoisotopic (exact) mass is 265 g/mol. The Labute approximate surface area is 105 Å². The zero-order chi connectivity index (χ0) is 14.9. The number of alkyl halides is 3. The number of rotatable bonds is 1. The smallest absolute Gasteiger partial charge is 0.258 e. The van der Waals surface area contributed by atoms with Gasteiger partial charge >= 0.3 is 6.18 Å². The van der Waals surface area contributed by atoms with Crippen LogP contribution in [-0.2, 0) is 6.18 Å². The third kappa shape index (κ3) is 5.65. The van der Waals surface area contributed by atoms with Crippen molar-refractivity contribution < 1.29 is 18.1 Å². The number of nitrogens with zero attached hydrogens (tertiary/aromatic N) is 1. The second-order valence-electron chi connectivity index (χ2n) is 2.76. The Morgan fingerprint density at radius 3 is 1.89 bits per heavy atom. The molecule has 0 amide bonds. The van der Waals surface area contributed by atoms with Crippen molar-refractivity contribution in [3.05, 3.63) is 39.4 Å². The molecule has 0 bridgehead atoms. The van der Waals surface area contributed by atoms with E-state index in [1.807, 2.05) is 27.7 Å². The standard InChI is InChI=1S/C8H6F3NO2.2C2H6/c1-5-2-3-6(8(9,10)11)4-7(5)12(13)14;2*1-2/h2-4H,1H3;2*1-2H3. The number of hydrogen-bond acceptors (Lipinski definition) is 2. The highest BCUT2D eigenvalue weighted by Gasteiger charge is 2.32. The fraction of sp³-hybridized carbons (Fsp3) is 0.500. The van der Waals surface area contributed by atoms with E-state index in [1.165, 1.54) is 6.92 Å². The van der Waals surface area contributed by atoms with E-state index in [0.717, 1.165) is 12.1 Å². The summed E-state index contributed by atoms with van der Waals surface area (Å²) in [6.45, 7) is 9.39. The molecule has 1 aromatic carbocycles. The normalized spacial score (nSPS) is 9.56. The van der Waals surface area contributed by atoms with Gasteiger partial charge < -0.3 is 0 Å². The van der Waals surface area contributed by atoms with E-state index in [0.29, 0.717) is 6.07 Å². The highest BCUT2D eigenvalue weighted by atomic mass is 19.4. The number of halogens is 3. The van der Waals surface area contributed by atoms with Crippen LogP contribution in [0.25, 0.3) is 0 Å². The fourth-order valence-corrected chi connectivity index (χ4v) is 0.982. The Morgan fingerprint density at radius 2 is 1.56 bits per heavy atom. The first-order valence-corrected chi connectivity index (χ1v) is 5.64. The minimum absolute atomic E-state index is 0.211. The van der Waals surface area contributed by atoms with Crippen molar-refractivity contribution in [3.63, 3.8) is 0 Å². The third-order valence-corrected chi connectivity index (χ3v) is 1.73. The maximum Gasteiger partial charge on any atom is 0.416 e. The molecule has 104 valence electrons. The van der Waals surface area contributed by atoms with E-state index in [-0.39, 0.29) is 5.56 Å². The summed E-state index contributed by atoms with van der Waals surface area (Å²) in [5.74, 6) is 0. The molecule has 0 heterocycles. The highest BCUT2D eigenvalue weighted by molar-refractivity contribution is 5.43. The first-order chi connectivity index (χ1) is 8.32. The maximum absolute atomic E-state index is 12.1. The number of benzene rings is 1. The Hall–Kier alpha value is -1.59. The maximum atomic E-state index is 12.1. The fourth-order valence-electron chi connectivity index (χ4n) is 0.982.